The van der Waals surface area contributed by atoms with Gasteiger partial charge in [0.2, 0.25) is 0 Å². The van der Waals surface area contributed by atoms with E-state index >= 15 is 0 Å². The molecule has 1 aromatic rings. The zero-order valence-electron chi connectivity index (χ0n) is 9.74. The first-order chi connectivity index (χ1) is 7.33. The van der Waals surface area contributed by atoms with Gasteiger partial charge >= 0.3 is 0 Å². The fraction of sp³-hybridized carbons (Fsp3) is 0.750. The number of nitrogens with zero attached hydrogens (tertiary/aromatic N) is 2. The first-order valence-corrected chi connectivity index (χ1v) is 6.05. The molecule has 0 aromatic carbocycles. The number of aryl methyl sites for hydroxylation is 1. The van der Waals surface area contributed by atoms with Gasteiger partial charge in [-0.25, -0.2) is 4.98 Å². The number of piperidine rings is 1. The van der Waals surface area contributed by atoms with Crippen LogP contribution < -0.4 is 5.32 Å². The van der Waals surface area contributed by atoms with Crippen molar-refractivity contribution >= 4 is 0 Å². The molecule has 0 bridgehead atoms. The first kappa shape index (κ1) is 10.7. The summed E-state index contributed by atoms with van der Waals surface area (Å²) in [6.45, 7) is 6.81. The predicted octanol–water partition coefficient (Wildman–Crippen LogP) is 2.01. The summed E-state index contributed by atoms with van der Waals surface area (Å²) in [6, 6.07) is 0.648. The lowest BCUT2D eigenvalue weighted by atomic mass is 9.95. The summed E-state index contributed by atoms with van der Waals surface area (Å²) in [4.78, 5) is 4.46. The van der Waals surface area contributed by atoms with Gasteiger partial charge in [-0.05, 0) is 31.8 Å². The Morgan fingerprint density at radius 3 is 3.20 bits per heavy atom. The second kappa shape index (κ2) is 4.79. The van der Waals surface area contributed by atoms with Crippen LogP contribution in [0.4, 0.5) is 0 Å². The van der Waals surface area contributed by atoms with E-state index in [9.17, 15) is 0 Å². The van der Waals surface area contributed by atoms with Crippen molar-refractivity contribution in [2.75, 3.05) is 13.1 Å². The quantitative estimate of drug-likeness (QED) is 0.821. The Hall–Kier alpha value is -0.830. The number of hydrogen-bond donors (Lipinski definition) is 1. The molecule has 0 aliphatic carbocycles. The molecule has 0 amide bonds. The molecule has 1 saturated heterocycles. The molecule has 3 heteroatoms. The van der Waals surface area contributed by atoms with Crippen molar-refractivity contribution in [2.45, 2.75) is 39.2 Å². The fourth-order valence-corrected chi connectivity index (χ4v) is 2.48. The summed E-state index contributed by atoms with van der Waals surface area (Å²) >= 11 is 0. The van der Waals surface area contributed by atoms with Gasteiger partial charge in [0.1, 0.15) is 5.82 Å². The van der Waals surface area contributed by atoms with Gasteiger partial charge in [0.25, 0.3) is 0 Å². The summed E-state index contributed by atoms with van der Waals surface area (Å²) in [7, 11) is 0. The minimum Gasteiger partial charge on any atom is -0.332 e. The molecular formula is C12H21N3. The molecule has 1 N–H and O–H groups in total. The molecular weight excluding hydrogens is 186 g/mol. The molecule has 2 unspecified atom stereocenters. The van der Waals surface area contributed by atoms with Gasteiger partial charge in [0.15, 0.2) is 0 Å². The second-order valence-corrected chi connectivity index (χ2v) is 4.54. The maximum absolute atomic E-state index is 4.46. The fourth-order valence-electron chi connectivity index (χ4n) is 2.48. The van der Waals surface area contributed by atoms with Gasteiger partial charge in [0, 0.05) is 24.9 Å². The SMILES string of the molecule is CCCc1nccn1C1CCNCC1C. The van der Waals surface area contributed by atoms with Crippen molar-refractivity contribution in [3.8, 4) is 0 Å². The highest BCUT2D eigenvalue weighted by molar-refractivity contribution is 4.97. The molecule has 1 aliphatic heterocycles. The zero-order valence-corrected chi connectivity index (χ0v) is 9.74. The van der Waals surface area contributed by atoms with E-state index in [4.69, 9.17) is 0 Å². The first-order valence-electron chi connectivity index (χ1n) is 6.05. The number of aromatic nitrogens is 2. The third-order valence-electron chi connectivity index (χ3n) is 3.32. The molecule has 15 heavy (non-hydrogen) atoms. The van der Waals surface area contributed by atoms with Crippen molar-refractivity contribution in [2.24, 2.45) is 5.92 Å². The lowest BCUT2D eigenvalue weighted by Gasteiger charge is -2.31. The number of nitrogens with one attached hydrogen (secondary N) is 1. The molecule has 2 atom stereocenters. The molecule has 0 radical (unpaired) electrons. The lowest BCUT2D eigenvalue weighted by molar-refractivity contribution is 0.268. The summed E-state index contributed by atoms with van der Waals surface area (Å²) in [5.74, 6) is 1.97. The Balaban J connectivity index is 2.15. The van der Waals surface area contributed by atoms with Crippen molar-refractivity contribution < 1.29 is 0 Å². The maximum atomic E-state index is 4.46. The average molecular weight is 207 g/mol. The van der Waals surface area contributed by atoms with E-state index in [1.54, 1.807) is 0 Å². The average Bonchev–Trinajstić information content (AvgIpc) is 2.67. The van der Waals surface area contributed by atoms with Crippen molar-refractivity contribution in [1.29, 1.82) is 0 Å². The lowest BCUT2D eigenvalue weighted by Crippen LogP contribution is -2.36. The Morgan fingerprint density at radius 1 is 1.60 bits per heavy atom. The van der Waals surface area contributed by atoms with Crippen LogP contribution in [0.5, 0.6) is 0 Å². The van der Waals surface area contributed by atoms with Crippen LogP contribution in [-0.4, -0.2) is 22.6 Å². The van der Waals surface area contributed by atoms with E-state index in [0.717, 1.165) is 19.5 Å². The monoisotopic (exact) mass is 207 g/mol. The Labute approximate surface area is 91.9 Å². The number of hydrogen-bond acceptors (Lipinski definition) is 2. The van der Waals surface area contributed by atoms with Crippen LogP contribution >= 0.6 is 0 Å². The molecule has 0 spiro atoms. The van der Waals surface area contributed by atoms with Crippen LogP contribution in [0.2, 0.25) is 0 Å². The third kappa shape index (κ3) is 2.23. The van der Waals surface area contributed by atoms with Crippen LogP contribution in [0.25, 0.3) is 0 Å². The minimum atomic E-state index is 0.648. The van der Waals surface area contributed by atoms with Crippen LogP contribution in [0.15, 0.2) is 12.4 Å². The van der Waals surface area contributed by atoms with E-state index in [1.165, 1.54) is 18.7 Å². The number of rotatable bonds is 3. The number of imidazole rings is 1. The summed E-state index contributed by atoms with van der Waals surface area (Å²) in [5.41, 5.74) is 0. The highest BCUT2D eigenvalue weighted by Crippen LogP contribution is 2.25. The van der Waals surface area contributed by atoms with Gasteiger partial charge < -0.3 is 9.88 Å². The van der Waals surface area contributed by atoms with Gasteiger partial charge in [0.05, 0.1) is 0 Å². The van der Waals surface area contributed by atoms with Gasteiger partial charge in [-0.2, -0.15) is 0 Å². The molecule has 2 rings (SSSR count). The zero-order chi connectivity index (χ0) is 10.7. The summed E-state index contributed by atoms with van der Waals surface area (Å²) in [6.07, 6.45) is 7.60. The Kier molecular flexibility index (Phi) is 3.41. The van der Waals surface area contributed by atoms with E-state index in [-0.39, 0.29) is 0 Å². The Morgan fingerprint density at radius 2 is 2.47 bits per heavy atom. The van der Waals surface area contributed by atoms with E-state index in [1.807, 2.05) is 6.20 Å². The van der Waals surface area contributed by atoms with Crippen LogP contribution in [0.1, 0.15) is 38.6 Å². The molecule has 2 heterocycles. The van der Waals surface area contributed by atoms with Gasteiger partial charge in [-0.1, -0.05) is 13.8 Å². The molecule has 1 fully saturated rings. The second-order valence-electron chi connectivity index (χ2n) is 4.54. The molecule has 84 valence electrons. The smallest absolute Gasteiger partial charge is 0.108 e. The normalized spacial score (nSPS) is 26.8. The maximum Gasteiger partial charge on any atom is 0.108 e. The Bertz CT molecular complexity index is 306. The summed E-state index contributed by atoms with van der Waals surface area (Å²) < 4.78 is 2.40. The molecule has 1 aliphatic rings. The molecule has 1 aromatic heterocycles. The van der Waals surface area contributed by atoms with E-state index in [2.05, 4.69) is 34.9 Å². The van der Waals surface area contributed by atoms with Crippen LogP contribution in [-0.2, 0) is 6.42 Å². The highest BCUT2D eigenvalue weighted by atomic mass is 15.1. The van der Waals surface area contributed by atoms with Crippen molar-refractivity contribution in [3.05, 3.63) is 18.2 Å². The summed E-state index contributed by atoms with van der Waals surface area (Å²) in [5, 5.41) is 3.44. The predicted molar refractivity (Wildman–Crippen MR) is 61.9 cm³/mol. The largest absolute Gasteiger partial charge is 0.332 e. The minimum absolute atomic E-state index is 0.648. The highest BCUT2D eigenvalue weighted by Gasteiger charge is 2.23. The van der Waals surface area contributed by atoms with Gasteiger partial charge in [-0.3, -0.25) is 0 Å². The standard InChI is InChI=1S/C12H21N3/c1-3-4-12-14-7-8-15(12)11-5-6-13-9-10(11)2/h7-8,10-11,13H,3-6,9H2,1-2H3. The van der Waals surface area contributed by atoms with E-state index in [0.29, 0.717) is 12.0 Å². The molecule has 3 nitrogen and oxygen atoms in total. The molecule has 0 saturated carbocycles. The third-order valence-corrected chi connectivity index (χ3v) is 3.32. The van der Waals surface area contributed by atoms with Gasteiger partial charge in [-0.15, -0.1) is 0 Å². The van der Waals surface area contributed by atoms with Crippen molar-refractivity contribution in [3.63, 3.8) is 0 Å². The van der Waals surface area contributed by atoms with E-state index < -0.39 is 0 Å². The van der Waals surface area contributed by atoms with Crippen LogP contribution in [0, 0.1) is 5.92 Å². The van der Waals surface area contributed by atoms with Crippen molar-refractivity contribution in [1.82, 2.24) is 14.9 Å². The topological polar surface area (TPSA) is 29.9 Å². The van der Waals surface area contributed by atoms with Crippen LogP contribution in [0.3, 0.4) is 0 Å².